The lowest BCUT2D eigenvalue weighted by molar-refractivity contribution is 0.0580. The van der Waals surface area contributed by atoms with E-state index in [-0.39, 0.29) is 11.4 Å². The Bertz CT molecular complexity index is 1010. The van der Waals surface area contributed by atoms with Crippen molar-refractivity contribution in [1.82, 2.24) is 4.90 Å². The van der Waals surface area contributed by atoms with Crippen LogP contribution < -0.4 is 9.64 Å². The van der Waals surface area contributed by atoms with Crippen LogP contribution in [0.5, 0.6) is 5.75 Å². The van der Waals surface area contributed by atoms with Crippen molar-refractivity contribution in [2.75, 3.05) is 39.7 Å². The summed E-state index contributed by atoms with van der Waals surface area (Å²) < 4.78 is 11.3. The molecule has 0 N–H and O–H groups in total. The largest absolute Gasteiger partial charge is 0.496 e. The van der Waals surface area contributed by atoms with Crippen molar-refractivity contribution in [2.45, 2.75) is 37.6 Å². The number of fused-ring (bicyclic) bond motifs is 1. The van der Waals surface area contributed by atoms with Gasteiger partial charge in [0, 0.05) is 37.7 Å². The lowest BCUT2D eigenvalue weighted by Crippen LogP contribution is -2.43. The first kappa shape index (κ1) is 21.4. The van der Waals surface area contributed by atoms with Gasteiger partial charge in [-0.1, -0.05) is 18.2 Å². The number of benzene rings is 2. The first-order chi connectivity index (χ1) is 14.8. The third-order valence-corrected chi connectivity index (χ3v) is 6.96. The molecule has 0 amide bonds. The molecule has 0 bridgehead atoms. The minimum absolute atomic E-state index is 0.0481. The highest BCUT2D eigenvalue weighted by molar-refractivity contribution is 5.91. The van der Waals surface area contributed by atoms with E-state index in [0.717, 1.165) is 48.6 Å². The average Bonchev–Trinajstić information content (AvgIpc) is 3.11. The Morgan fingerprint density at radius 1 is 1.19 bits per heavy atom. The minimum Gasteiger partial charge on any atom is -0.496 e. The zero-order valence-electron chi connectivity index (χ0n) is 19.1. The molecular formula is C26H32N2O3. The smallest absolute Gasteiger partial charge is 0.343 e. The summed E-state index contributed by atoms with van der Waals surface area (Å²) in [4.78, 5) is 17.2. The quantitative estimate of drug-likeness (QED) is 0.664. The molecule has 164 valence electrons. The van der Waals surface area contributed by atoms with Crippen LogP contribution >= 0.6 is 0 Å². The number of allylic oxidation sites excluding steroid dienone is 1. The van der Waals surface area contributed by atoms with E-state index >= 15 is 0 Å². The molecule has 1 aliphatic carbocycles. The van der Waals surface area contributed by atoms with Crippen molar-refractivity contribution < 1.29 is 14.3 Å². The highest BCUT2D eigenvalue weighted by Gasteiger charge is 2.49. The summed E-state index contributed by atoms with van der Waals surface area (Å²) >= 11 is 0. The highest BCUT2D eigenvalue weighted by atomic mass is 16.5. The number of hydrogen-bond acceptors (Lipinski definition) is 5. The lowest BCUT2D eigenvalue weighted by atomic mass is 9.68. The zero-order valence-corrected chi connectivity index (χ0v) is 19.1. The maximum absolute atomic E-state index is 12.8. The molecule has 2 aromatic rings. The van der Waals surface area contributed by atoms with E-state index in [1.165, 1.54) is 5.56 Å². The zero-order chi connectivity index (χ0) is 22.2. The number of hydrogen-bond donors (Lipinski definition) is 0. The van der Waals surface area contributed by atoms with Gasteiger partial charge in [-0.25, -0.2) is 4.79 Å². The Morgan fingerprint density at radius 3 is 2.71 bits per heavy atom. The number of likely N-dealkylation sites (N-methyl/N-ethyl adjacent to an activating group) is 1. The van der Waals surface area contributed by atoms with Crippen LogP contribution in [0.2, 0.25) is 0 Å². The molecule has 5 nitrogen and oxygen atoms in total. The molecule has 0 aromatic heterocycles. The van der Waals surface area contributed by atoms with Crippen molar-refractivity contribution >= 4 is 11.7 Å². The normalized spacial score (nSPS) is 23.1. The van der Waals surface area contributed by atoms with Crippen LogP contribution in [0.15, 0.2) is 54.3 Å². The number of anilines is 1. The van der Waals surface area contributed by atoms with Gasteiger partial charge >= 0.3 is 5.97 Å². The van der Waals surface area contributed by atoms with Crippen molar-refractivity contribution in [3.63, 3.8) is 0 Å². The monoisotopic (exact) mass is 420 g/mol. The molecule has 31 heavy (non-hydrogen) atoms. The summed E-state index contributed by atoms with van der Waals surface area (Å²) in [6.45, 7) is 3.13. The van der Waals surface area contributed by atoms with Crippen LogP contribution in [-0.2, 0) is 10.2 Å². The number of ether oxygens (including phenoxy) is 2. The fourth-order valence-corrected chi connectivity index (χ4v) is 5.09. The van der Waals surface area contributed by atoms with Crippen LogP contribution in [0.4, 0.5) is 5.69 Å². The molecule has 1 saturated heterocycles. The Balaban J connectivity index is 1.57. The van der Waals surface area contributed by atoms with E-state index < -0.39 is 0 Å². The summed E-state index contributed by atoms with van der Waals surface area (Å²) in [5.41, 5.74) is 4.11. The molecule has 0 radical (unpaired) electrons. The number of likely N-dealkylation sites (tertiary alicyclic amines) is 1. The van der Waals surface area contributed by atoms with Crippen LogP contribution in [0.1, 0.15) is 40.7 Å². The molecule has 2 aromatic carbocycles. The standard InChI is InChI=1S/C26H32N2O3/c1-18-15-20(9-10-23(18)30-5)26-12-11-22(17-24(26)28(4)14-13-26)31-25(29)19-7-6-8-21(16-19)27(2)3/h6-11,15-16,24H,12-14,17H2,1-5H3/t24-,26-/m0/s1. The summed E-state index contributed by atoms with van der Waals surface area (Å²) in [5.74, 6) is 1.41. The molecule has 5 heteroatoms. The summed E-state index contributed by atoms with van der Waals surface area (Å²) in [6, 6.07) is 14.4. The fraction of sp³-hybridized carbons (Fsp3) is 0.423. The van der Waals surface area contributed by atoms with Crippen LogP contribution in [0.25, 0.3) is 0 Å². The second kappa shape index (κ2) is 8.39. The van der Waals surface area contributed by atoms with Gasteiger partial charge in [0.2, 0.25) is 0 Å². The van der Waals surface area contributed by atoms with E-state index in [0.29, 0.717) is 11.6 Å². The van der Waals surface area contributed by atoms with E-state index in [1.807, 2.05) is 43.3 Å². The molecule has 0 unspecified atom stereocenters. The molecule has 0 saturated carbocycles. The Kier molecular flexibility index (Phi) is 5.80. The van der Waals surface area contributed by atoms with Crippen molar-refractivity contribution in [1.29, 1.82) is 0 Å². The SMILES string of the molecule is COc1ccc([C@@]23CC=C(OC(=O)c4cccc(N(C)C)c4)C[C@@H]2N(C)CC3)cc1C. The molecule has 1 heterocycles. The number of esters is 1. The first-order valence-corrected chi connectivity index (χ1v) is 10.9. The Labute approximate surface area is 185 Å². The van der Waals surface area contributed by atoms with Gasteiger partial charge < -0.3 is 19.3 Å². The lowest BCUT2D eigenvalue weighted by Gasteiger charge is -2.40. The molecule has 2 aliphatic rings. The molecular weight excluding hydrogens is 388 g/mol. The van der Waals surface area contributed by atoms with Gasteiger partial charge in [0.05, 0.1) is 12.7 Å². The van der Waals surface area contributed by atoms with Crippen LogP contribution in [-0.4, -0.2) is 51.7 Å². The number of carbonyl (C=O) groups excluding carboxylic acids is 1. The number of rotatable bonds is 5. The molecule has 2 atom stereocenters. The predicted molar refractivity (Wildman–Crippen MR) is 124 cm³/mol. The topological polar surface area (TPSA) is 42.0 Å². The molecule has 1 aliphatic heterocycles. The first-order valence-electron chi connectivity index (χ1n) is 10.9. The third-order valence-electron chi connectivity index (χ3n) is 6.96. The van der Waals surface area contributed by atoms with E-state index in [9.17, 15) is 4.79 Å². The highest BCUT2D eigenvalue weighted by Crippen LogP contribution is 2.48. The van der Waals surface area contributed by atoms with Gasteiger partial charge in [0.1, 0.15) is 11.5 Å². The van der Waals surface area contributed by atoms with Gasteiger partial charge in [-0.3, -0.25) is 0 Å². The van der Waals surface area contributed by atoms with Crippen LogP contribution in [0, 0.1) is 6.92 Å². The number of carbonyl (C=O) groups is 1. The van der Waals surface area contributed by atoms with Gasteiger partial charge in [-0.2, -0.15) is 0 Å². The summed E-state index contributed by atoms with van der Waals surface area (Å²) in [7, 11) is 7.81. The second-order valence-electron chi connectivity index (χ2n) is 9.00. The van der Waals surface area contributed by atoms with Gasteiger partial charge in [-0.15, -0.1) is 0 Å². The molecule has 1 fully saturated rings. The third kappa shape index (κ3) is 3.94. The minimum atomic E-state index is -0.289. The van der Waals surface area contributed by atoms with E-state index in [1.54, 1.807) is 7.11 Å². The Hall–Kier alpha value is -2.79. The van der Waals surface area contributed by atoms with Gasteiger partial charge in [-0.05, 0) is 74.8 Å². The fourth-order valence-electron chi connectivity index (χ4n) is 5.09. The number of nitrogens with zero attached hydrogens (tertiary/aromatic N) is 2. The van der Waals surface area contributed by atoms with Crippen molar-refractivity contribution in [2.24, 2.45) is 0 Å². The molecule has 0 spiro atoms. The number of aryl methyl sites for hydroxylation is 1. The van der Waals surface area contributed by atoms with Crippen molar-refractivity contribution in [3.8, 4) is 5.75 Å². The summed E-state index contributed by atoms with van der Waals surface area (Å²) in [6.07, 6.45) is 4.83. The maximum atomic E-state index is 12.8. The van der Waals surface area contributed by atoms with Crippen molar-refractivity contribution in [3.05, 3.63) is 71.0 Å². The predicted octanol–water partition coefficient (Wildman–Crippen LogP) is 4.55. The van der Waals surface area contributed by atoms with Gasteiger partial charge in [0.25, 0.3) is 0 Å². The number of methoxy groups -OCH3 is 1. The maximum Gasteiger partial charge on any atom is 0.343 e. The second-order valence-corrected chi connectivity index (χ2v) is 9.00. The van der Waals surface area contributed by atoms with Gasteiger partial charge in [0.15, 0.2) is 0 Å². The Morgan fingerprint density at radius 2 is 2.00 bits per heavy atom. The van der Waals surface area contributed by atoms with E-state index in [2.05, 4.69) is 43.1 Å². The average molecular weight is 421 g/mol. The summed E-state index contributed by atoms with van der Waals surface area (Å²) in [5, 5.41) is 0. The van der Waals surface area contributed by atoms with E-state index in [4.69, 9.17) is 9.47 Å². The van der Waals surface area contributed by atoms with Crippen LogP contribution in [0.3, 0.4) is 0 Å². The molecule has 4 rings (SSSR count).